The quantitative estimate of drug-likeness (QED) is 0.589. The highest BCUT2D eigenvalue weighted by Gasteiger charge is 2.11. The maximum Gasteiger partial charge on any atom is 0.160 e. The minimum Gasteiger partial charge on any atom is -0.298 e. The van der Waals surface area contributed by atoms with E-state index in [2.05, 4.69) is 0 Å². The maximum atomic E-state index is 13.1. The predicted octanol–water partition coefficient (Wildman–Crippen LogP) is 4.24. The standard InChI is InChI=1S/C13H6ClF3O/c14-10-5-13(17)12(16)4-9(10)7-1-2-11(15)8(3-7)6-18/h1-6H. The fourth-order valence-corrected chi connectivity index (χ4v) is 1.80. The molecule has 1 nitrogen and oxygen atoms in total. The summed E-state index contributed by atoms with van der Waals surface area (Å²) in [4.78, 5) is 10.6. The molecule has 2 aromatic rings. The SMILES string of the molecule is O=Cc1cc(-c2cc(F)c(F)cc2Cl)ccc1F. The molecular weight excluding hydrogens is 265 g/mol. The lowest BCUT2D eigenvalue weighted by Crippen LogP contribution is -1.91. The second-order valence-electron chi connectivity index (χ2n) is 3.60. The third kappa shape index (κ3) is 2.24. The van der Waals surface area contributed by atoms with Crippen LogP contribution in [0.25, 0.3) is 11.1 Å². The van der Waals surface area contributed by atoms with Gasteiger partial charge in [-0.1, -0.05) is 17.7 Å². The van der Waals surface area contributed by atoms with E-state index in [-0.39, 0.29) is 16.1 Å². The second-order valence-corrected chi connectivity index (χ2v) is 4.01. The van der Waals surface area contributed by atoms with Gasteiger partial charge in [0.1, 0.15) is 5.82 Å². The van der Waals surface area contributed by atoms with Crippen molar-refractivity contribution in [3.8, 4) is 11.1 Å². The Balaban J connectivity index is 2.62. The van der Waals surface area contributed by atoms with Crippen LogP contribution in [-0.2, 0) is 0 Å². The summed E-state index contributed by atoms with van der Waals surface area (Å²) in [5.41, 5.74) is 0.356. The van der Waals surface area contributed by atoms with E-state index in [4.69, 9.17) is 11.6 Å². The molecule has 0 spiro atoms. The summed E-state index contributed by atoms with van der Waals surface area (Å²) in [6.45, 7) is 0. The zero-order valence-electron chi connectivity index (χ0n) is 8.88. The van der Waals surface area contributed by atoms with Gasteiger partial charge in [0.2, 0.25) is 0 Å². The van der Waals surface area contributed by atoms with E-state index in [1.807, 2.05) is 0 Å². The number of hydrogen-bond acceptors (Lipinski definition) is 1. The largest absolute Gasteiger partial charge is 0.298 e. The third-order valence-electron chi connectivity index (χ3n) is 2.44. The van der Waals surface area contributed by atoms with Crippen molar-refractivity contribution < 1.29 is 18.0 Å². The fourth-order valence-electron chi connectivity index (χ4n) is 1.55. The third-order valence-corrected chi connectivity index (χ3v) is 2.76. The van der Waals surface area contributed by atoms with E-state index in [9.17, 15) is 18.0 Å². The molecule has 0 aromatic heterocycles. The van der Waals surface area contributed by atoms with Gasteiger partial charge in [0.05, 0.1) is 10.6 Å². The van der Waals surface area contributed by atoms with Crippen molar-refractivity contribution in [2.45, 2.75) is 0 Å². The predicted molar refractivity (Wildman–Crippen MR) is 62.1 cm³/mol. The van der Waals surface area contributed by atoms with Crippen LogP contribution < -0.4 is 0 Å². The van der Waals surface area contributed by atoms with Crippen LogP contribution in [-0.4, -0.2) is 6.29 Å². The van der Waals surface area contributed by atoms with Gasteiger partial charge >= 0.3 is 0 Å². The van der Waals surface area contributed by atoms with Crippen LogP contribution in [0.4, 0.5) is 13.2 Å². The van der Waals surface area contributed by atoms with Gasteiger partial charge in [-0.3, -0.25) is 4.79 Å². The molecule has 0 saturated carbocycles. The van der Waals surface area contributed by atoms with Crippen molar-refractivity contribution in [2.75, 3.05) is 0 Å². The van der Waals surface area contributed by atoms with Crippen molar-refractivity contribution in [2.24, 2.45) is 0 Å². The summed E-state index contributed by atoms with van der Waals surface area (Å²) in [5.74, 6) is -2.82. The molecule has 0 radical (unpaired) electrons. The molecule has 0 saturated heterocycles. The molecule has 18 heavy (non-hydrogen) atoms. The molecule has 0 bridgehead atoms. The van der Waals surface area contributed by atoms with E-state index >= 15 is 0 Å². The Bertz CT molecular complexity index is 626. The molecule has 5 heteroatoms. The van der Waals surface area contributed by atoms with E-state index in [1.165, 1.54) is 12.1 Å². The van der Waals surface area contributed by atoms with Gasteiger partial charge < -0.3 is 0 Å². The average Bonchev–Trinajstić information content (AvgIpc) is 2.35. The molecule has 2 aromatic carbocycles. The first-order valence-electron chi connectivity index (χ1n) is 4.92. The monoisotopic (exact) mass is 270 g/mol. The van der Waals surface area contributed by atoms with Gasteiger partial charge in [-0.15, -0.1) is 0 Å². The molecule has 0 atom stereocenters. The molecule has 0 fully saturated rings. The number of carbonyl (C=O) groups excluding carboxylic acids is 1. The molecule has 0 heterocycles. The number of benzene rings is 2. The average molecular weight is 271 g/mol. The second kappa shape index (κ2) is 4.82. The van der Waals surface area contributed by atoms with Gasteiger partial charge in [-0.05, 0) is 29.8 Å². The van der Waals surface area contributed by atoms with Crippen LogP contribution >= 0.6 is 11.6 Å². The van der Waals surface area contributed by atoms with Crippen LogP contribution in [0, 0.1) is 17.5 Å². The first-order chi connectivity index (χ1) is 8.52. The summed E-state index contributed by atoms with van der Waals surface area (Å²) in [7, 11) is 0. The van der Waals surface area contributed by atoms with E-state index in [1.54, 1.807) is 0 Å². The zero-order valence-corrected chi connectivity index (χ0v) is 9.64. The van der Waals surface area contributed by atoms with Crippen molar-refractivity contribution in [1.82, 2.24) is 0 Å². The molecule has 0 N–H and O–H groups in total. The molecule has 2 rings (SSSR count). The summed E-state index contributed by atoms with van der Waals surface area (Å²) in [6, 6.07) is 5.36. The Kier molecular flexibility index (Phi) is 3.39. The number of hydrogen-bond donors (Lipinski definition) is 0. The molecule has 0 aliphatic carbocycles. The lowest BCUT2D eigenvalue weighted by atomic mass is 10.0. The molecule has 92 valence electrons. The number of aldehydes is 1. The summed E-state index contributed by atoms with van der Waals surface area (Å²) >= 11 is 5.78. The van der Waals surface area contributed by atoms with E-state index in [0.29, 0.717) is 11.8 Å². The van der Waals surface area contributed by atoms with E-state index < -0.39 is 17.5 Å². The number of rotatable bonds is 2. The molecule has 0 unspecified atom stereocenters. The Morgan fingerprint density at radius 1 is 0.944 bits per heavy atom. The lowest BCUT2D eigenvalue weighted by molar-refractivity contribution is 0.112. The zero-order chi connectivity index (χ0) is 13.3. The van der Waals surface area contributed by atoms with Crippen LogP contribution in [0.1, 0.15) is 10.4 Å². The number of halogens is 4. The molecule has 0 aliphatic heterocycles. The smallest absolute Gasteiger partial charge is 0.160 e. The Morgan fingerprint density at radius 3 is 2.28 bits per heavy atom. The Hall–Kier alpha value is -1.81. The van der Waals surface area contributed by atoms with Crippen molar-refractivity contribution in [1.29, 1.82) is 0 Å². The highest BCUT2D eigenvalue weighted by molar-refractivity contribution is 6.33. The van der Waals surface area contributed by atoms with Crippen LogP contribution in [0.15, 0.2) is 30.3 Å². The Labute approximate surface area is 106 Å². The van der Waals surface area contributed by atoms with Gasteiger partial charge in [-0.25, -0.2) is 13.2 Å². The molecular formula is C13H6ClF3O. The van der Waals surface area contributed by atoms with Crippen LogP contribution in [0.5, 0.6) is 0 Å². The summed E-state index contributed by atoms with van der Waals surface area (Å²) < 4.78 is 39.2. The first kappa shape index (κ1) is 12.6. The minimum absolute atomic E-state index is 0.0163. The number of carbonyl (C=O) groups is 1. The van der Waals surface area contributed by atoms with Crippen molar-refractivity contribution in [3.05, 3.63) is 58.4 Å². The maximum absolute atomic E-state index is 13.1. The van der Waals surface area contributed by atoms with Crippen molar-refractivity contribution in [3.63, 3.8) is 0 Å². The van der Waals surface area contributed by atoms with Gasteiger partial charge in [0, 0.05) is 5.56 Å². The van der Waals surface area contributed by atoms with Gasteiger partial charge in [0.15, 0.2) is 17.9 Å². The normalized spacial score (nSPS) is 10.4. The molecule has 0 amide bonds. The lowest BCUT2D eigenvalue weighted by Gasteiger charge is -2.06. The van der Waals surface area contributed by atoms with Crippen LogP contribution in [0.3, 0.4) is 0 Å². The minimum atomic E-state index is -1.07. The van der Waals surface area contributed by atoms with Gasteiger partial charge in [0.25, 0.3) is 0 Å². The Morgan fingerprint density at radius 2 is 1.61 bits per heavy atom. The van der Waals surface area contributed by atoms with E-state index in [0.717, 1.165) is 18.2 Å². The van der Waals surface area contributed by atoms with Crippen molar-refractivity contribution >= 4 is 17.9 Å². The summed E-state index contributed by atoms with van der Waals surface area (Å²) in [5, 5.41) is -0.0163. The molecule has 0 aliphatic rings. The van der Waals surface area contributed by atoms with Gasteiger partial charge in [-0.2, -0.15) is 0 Å². The summed E-state index contributed by atoms with van der Waals surface area (Å²) in [6.07, 6.45) is 0.340. The highest BCUT2D eigenvalue weighted by Crippen LogP contribution is 2.30. The highest BCUT2D eigenvalue weighted by atomic mass is 35.5. The van der Waals surface area contributed by atoms with Crippen LogP contribution in [0.2, 0.25) is 5.02 Å². The first-order valence-corrected chi connectivity index (χ1v) is 5.30. The fraction of sp³-hybridized carbons (Fsp3) is 0. The topological polar surface area (TPSA) is 17.1 Å².